The van der Waals surface area contributed by atoms with Gasteiger partial charge in [-0.3, -0.25) is 9.59 Å². The summed E-state index contributed by atoms with van der Waals surface area (Å²) in [5.74, 6) is 1.20. The molecule has 3 aromatic rings. The molecule has 44 heavy (non-hydrogen) atoms. The molecule has 14 nitrogen and oxygen atoms in total. The van der Waals surface area contributed by atoms with Crippen LogP contribution in [0.25, 0.3) is 0 Å². The molecular weight excluding hydrogens is 586 g/mol. The van der Waals surface area contributed by atoms with Crippen molar-refractivity contribution in [3.63, 3.8) is 0 Å². The first-order valence-corrected chi connectivity index (χ1v) is 13.7. The van der Waals surface area contributed by atoms with E-state index in [1.165, 1.54) is 12.8 Å². The second-order valence-electron chi connectivity index (χ2n) is 10.1. The summed E-state index contributed by atoms with van der Waals surface area (Å²) < 4.78 is 0. The first-order valence-electron chi connectivity index (χ1n) is 13.7. The van der Waals surface area contributed by atoms with Crippen molar-refractivity contribution >= 4 is 53.3 Å². The van der Waals surface area contributed by atoms with Crippen LogP contribution in [0.2, 0.25) is 0 Å². The highest BCUT2D eigenvalue weighted by molar-refractivity contribution is 6.11. The zero-order valence-corrected chi connectivity index (χ0v) is 26.2. The molecule has 0 spiro atoms. The maximum atomic E-state index is 12.7. The zero-order chi connectivity index (χ0) is 27.0. The predicted octanol–water partition coefficient (Wildman–Crippen LogP) is 6.35. The molecular formula is C29H56ClN11O3. The maximum Gasteiger partial charge on any atom is 0.233 e. The number of rotatable bonds is 9. The Balaban J connectivity index is -0.000000685. The number of nitrogens with one attached hydrogen (secondary N) is 2. The number of anilines is 5. The van der Waals surface area contributed by atoms with Gasteiger partial charge in [0, 0.05) is 48.8 Å². The summed E-state index contributed by atoms with van der Waals surface area (Å²) in [7, 11) is 0. The van der Waals surface area contributed by atoms with Crippen molar-refractivity contribution in [2.45, 2.75) is 51.6 Å². The van der Waals surface area contributed by atoms with Crippen LogP contribution >= 0.6 is 12.4 Å². The Kier molecular flexibility index (Phi) is 17.7. The molecule has 2 aliphatic heterocycles. The molecule has 0 aliphatic carbocycles. The Labute approximate surface area is 271 Å². The van der Waals surface area contributed by atoms with Crippen molar-refractivity contribution in [1.82, 2.24) is 39.6 Å². The average molecular weight is 642 g/mol. The van der Waals surface area contributed by atoms with Gasteiger partial charge >= 0.3 is 0 Å². The molecule has 1 amide bonds. The maximum absolute atomic E-state index is 12.7. The smallest absolute Gasteiger partial charge is 0.233 e. The van der Waals surface area contributed by atoms with Crippen LogP contribution in [-0.2, 0) is 11.4 Å². The van der Waals surface area contributed by atoms with Gasteiger partial charge in [-0.2, -0.15) is 15.0 Å². The zero-order valence-electron chi connectivity index (χ0n) is 25.3. The number of carbonyl (C=O) groups excluding carboxylic acids is 2. The second-order valence-corrected chi connectivity index (χ2v) is 10.1. The lowest BCUT2D eigenvalue weighted by Gasteiger charge is -2.30. The third-order valence-corrected chi connectivity index (χ3v) is 7.07. The van der Waals surface area contributed by atoms with Crippen molar-refractivity contribution in [2.24, 2.45) is 0 Å². The van der Waals surface area contributed by atoms with Gasteiger partial charge in [-0.15, -0.1) is 12.4 Å². The average Bonchev–Trinajstić information content (AvgIpc) is 2.98. The number of hydrogen-bond donors (Lipinski definition) is 7. The number of aliphatic hydroxyl groups excluding tert-OH is 1. The first kappa shape index (κ1) is 40.1. The van der Waals surface area contributed by atoms with Crippen LogP contribution in [-0.4, -0.2) is 57.9 Å². The summed E-state index contributed by atoms with van der Waals surface area (Å²) in [6, 6.07) is 13.9. The first-order chi connectivity index (χ1) is 19.1. The summed E-state index contributed by atoms with van der Waals surface area (Å²) in [6.45, 7) is 3.66. The van der Waals surface area contributed by atoms with E-state index in [1.807, 2.05) is 0 Å². The van der Waals surface area contributed by atoms with Crippen LogP contribution in [0.3, 0.4) is 0 Å². The molecule has 5 rings (SSSR count). The van der Waals surface area contributed by atoms with E-state index in [9.17, 15) is 14.7 Å². The van der Waals surface area contributed by atoms with Gasteiger partial charge in [0.2, 0.25) is 23.8 Å². The van der Waals surface area contributed by atoms with E-state index < -0.39 is 5.91 Å². The van der Waals surface area contributed by atoms with Crippen molar-refractivity contribution < 1.29 is 20.4 Å². The van der Waals surface area contributed by atoms with Crippen molar-refractivity contribution in [3.8, 4) is 0 Å². The highest BCUT2D eigenvalue weighted by Crippen LogP contribution is 2.24. The van der Waals surface area contributed by atoms with Gasteiger partial charge in [-0.1, -0.05) is 12.1 Å². The number of carbonyl (C=O) groups is 2. The summed E-state index contributed by atoms with van der Waals surface area (Å²) in [4.78, 5) is 43.8. The van der Waals surface area contributed by atoms with Crippen LogP contribution in [0, 0.1) is 0 Å². The normalized spacial score (nSPS) is 13.8. The lowest BCUT2D eigenvalue weighted by atomic mass is 10.1. The number of Topliss-reactive ketones (excluding diaryl/α,β-unsaturated/α-hetero) is 1. The van der Waals surface area contributed by atoms with Crippen LogP contribution in [0.4, 0.5) is 29.2 Å². The molecule has 2 saturated heterocycles. The molecule has 1 aromatic heterocycles. The monoisotopic (exact) mass is 641 g/mol. The Morgan fingerprint density at radius 2 is 1.30 bits per heavy atom. The molecule has 252 valence electrons. The molecule has 0 atom stereocenters. The number of nitrogens with zero attached hydrogens (tertiary/aromatic N) is 5. The van der Waals surface area contributed by atoms with Crippen molar-refractivity contribution in [1.29, 1.82) is 0 Å². The number of benzene rings is 2. The van der Waals surface area contributed by atoms with Gasteiger partial charge in [-0.25, -0.2) is 0 Å². The second kappa shape index (κ2) is 19.4. The van der Waals surface area contributed by atoms with E-state index in [2.05, 4.69) is 20.4 Å². The number of halogens is 1. The molecule has 0 saturated carbocycles. The Morgan fingerprint density at radius 1 is 0.750 bits per heavy atom. The van der Waals surface area contributed by atoms with Gasteiger partial charge in [0.15, 0.2) is 5.78 Å². The van der Waals surface area contributed by atoms with Crippen molar-refractivity contribution in [2.75, 3.05) is 46.6 Å². The fourth-order valence-corrected chi connectivity index (χ4v) is 4.95. The number of amides is 1. The van der Waals surface area contributed by atoms with Crippen LogP contribution in [0.15, 0.2) is 48.5 Å². The van der Waals surface area contributed by atoms with E-state index in [0.717, 1.165) is 57.5 Å². The van der Waals surface area contributed by atoms with E-state index in [0.29, 0.717) is 34.7 Å². The summed E-state index contributed by atoms with van der Waals surface area (Å²) in [6.07, 6.45) is 6.73. The van der Waals surface area contributed by atoms with E-state index >= 15 is 0 Å². The molecule has 0 bridgehead atoms. The number of hydrogen-bond acceptors (Lipinski definition) is 13. The summed E-state index contributed by atoms with van der Waals surface area (Å²) >= 11 is 0. The Hall–Kier alpha value is -3.92. The lowest BCUT2D eigenvalue weighted by molar-refractivity contribution is -0.115. The standard InChI is InChI=1S/C29H35N7O3.ClH.4H3N.4H2/c37-20-21-8-7-9-24(18-21)30-26(39)19-25(38)22-10-12-23(13-11-22)31-27-32-28(35-14-3-1-4-15-35)34-29(33-27)36-16-5-2-6-17-36;;;;;;;;;/h7-13,18,37H,1-6,14-17,19-20H2,(H,30,39)(H,31,32,33,34);1H;4*1H3;4*1H. The van der Waals surface area contributed by atoms with Gasteiger partial charge < -0.3 is 50.1 Å². The van der Waals surface area contributed by atoms with E-state index in [-0.39, 0.29) is 61.5 Å². The van der Waals surface area contributed by atoms with Gasteiger partial charge in [-0.05, 0) is 80.5 Å². The molecule has 0 radical (unpaired) electrons. The summed E-state index contributed by atoms with van der Waals surface area (Å²) in [5.41, 5.74) is 2.42. The molecule has 2 fully saturated rings. The molecule has 3 heterocycles. The Morgan fingerprint density at radius 3 is 1.82 bits per heavy atom. The molecule has 15 heteroatoms. The minimum Gasteiger partial charge on any atom is -0.392 e. The minimum atomic E-state index is -0.405. The van der Waals surface area contributed by atoms with E-state index in [4.69, 9.17) is 15.0 Å². The number of ketones is 1. The largest absolute Gasteiger partial charge is 0.392 e. The fourth-order valence-electron chi connectivity index (χ4n) is 4.95. The predicted molar refractivity (Wildman–Crippen MR) is 187 cm³/mol. The molecule has 15 N–H and O–H groups in total. The van der Waals surface area contributed by atoms with Crippen LogP contribution in [0.5, 0.6) is 0 Å². The SMILES string of the molecule is Cl.N.N.N.N.O=C(CC(=O)c1ccc(Nc2nc(N3CCCCC3)nc(N3CCCCC3)n2)cc1)Nc1cccc(CO)c1.[HH].[HH].[HH].[HH]. The minimum absolute atomic E-state index is 0. The van der Waals surface area contributed by atoms with Crippen LogP contribution < -0.4 is 45.0 Å². The third-order valence-electron chi connectivity index (χ3n) is 7.07. The van der Waals surface area contributed by atoms with Gasteiger partial charge in [0.1, 0.15) is 0 Å². The summed E-state index contributed by atoms with van der Waals surface area (Å²) in [5, 5.41) is 15.3. The molecule has 2 aromatic carbocycles. The van der Waals surface area contributed by atoms with Gasteiger partial charge in [0.25, 0.3) is 0 Å². The van der Waals surface area contributed by atoms with Crippen molar-refractivity contribution in [3.05, 3.63) is 59.7 Å². The fraction of sp³-hybridized carbons (Fsp3) is 0.414. The number of piperidine rings is 2. The third kappa shape index (κ3) is 10.7. The Bertz CT molecular complexity index is 1290. The number of aromatic nitrogens is 3. The molecule has 2 aliphatic rings. The quantitative estimate of drug-likeness (QED) is 0.0991. The highest BCUT2D eigenvalue weighted by Gasteiger charge is 2.20. The topological polar surface area (TPSA) is 264 Å². The van der Waals surface area contributed by atoms with Gasteiger partial charge in [0.05, 0.1) is 13.0 Å². The number of aliphatic hydroxyl groups is 1. The lowest BCUT2D eigenvalue weighted by Crippen LogP contribution is -2.34. The molecule has 0 unspecified atom stereocenters. The van der Waals surface area contributed by atoms with Crippen LogP contribution in [0.1, 0.15) is 66.6 Å². The highest BCUT2D eigenvalue weighted by atomic mass is 35.5. The van der Waals surface area contributed by atoms with E-state index in [1.54, 1.807) is 48.5 Å².